The number of nitrogens with zero attached hydrogens (tertiary/aromatic N) is 1. The number of hydrogen-bond donors (Lipinski definition) is 3. The molecule has 2 aromatic carbocycles. The van der Waals surface area contributed by atoms with Crippen LogP contribution in [0, 0.1) is 0 Å². The molecule has 6 nitrogen and oxygen atoms in total. The molecule has 1 atom stereocenters. The first-order chi connectivity index (χ1) is 13.1. The second kappa shape index (κ2) is 12.7. The Labute approximate surface area is 188 Å². The number of rotatable bonds is 8. The monoisotopic (exact) mass is 519 g/mol. The van der Waals surface area contributed by atoms with Crippen LogP contribution in [0.3, 0.4) is 0 Å². The minimum absolute atomic E-state index is 0. The van der Waals surface area contributed by atoms with Gasteiger partial charge in [0, 0.05) is 18.1 Å². The zero-order valence-electron chi connectivity index (χ0n) is 16.2. The number of halogens is 2. The molecule has 0 bridgehead atoms. The average Bonchev–Trinajstić information content (AvgIpc) is 2.70. The van der Waals surface area contributed by atoms with Crippen molar-refractivity contribution in [3.63, 3.8) is 0 Å². The number of hydrogen-bond acceptors (Lipinski definition) is 4. The Morgan fingerprint density at radius 2 is 1.82 bits per heavy atom. The molecular weight excluding hydrogens is 493 g/mol. The van der Waals surface area contributed by atoms with Crippen LogP contribution in [0.1, 0.15) is 24.2 Å². The molecule has 0 radical (unpaired) electrons. The molecule has 0 heterocycles. The summed E-state index contributed by atoms with van der Waals surface area (Å²) in [5, 5.41) is 17.5. The van der Waals surface area contributed by atoms with Crippen molar-refractivity contribution in [1.82, 2.24) is 10.6 Å². The molecule has 28 heavy (non-hydrogen) atoms. The molecule has 0 aromatic heterocycles. The molecule has 0 aliphatic heterocycles. The molecule has 3 N–H and O–H groups in total. The van der Waals surface area contributed by atoms with E-state index in [1.165, 1.54) is 0 Å². The van der Waals surface area contributed by atoms with Crippen molar-refractivity contribution in [2.45, 2.75) is 19.6 Å². The smallest absolute Gasteiger partial charge is 0.191 e. The molecule has 0 aliphatic carbocycles. The van der Waals surface area contributed by atoms with Gasteiger partial charge in [-0.1, -0.05) is 35.9 Å². The van der Waals surface area contributed by atoms with Crippen molar-refractivity contribution in [1.29, 1.82) is 0 Å². The van der Waals surface area contributed by atoms with E-state index in [1.54, 1.807) is 26.4 Å². The van der Waals surface area contributed by atoms with E-state index < -0.39 is 6.10 Å². The first-order valence-corrected chi connectivity index (χ1v) is 9.12. The third-order valence-electron chi connectivity index (χ3n) is 3.96. The molecular formula is C20H27ClIN3O3. The van der Waals surface area contributed by atoms with Gasteiger partial charge in [-0.05, 0) is 36.2 Å². The minimum Gasteiger partial charge on any atom is -0.493 e. The SMILES string of the molecule is CCNC(=NCc1ccccc1Cl)NCC(O)c1ccc(OC)c(OC)c1.I. The number of aliphatic imine (C=N–C) groups is 1. The van der Waals surface area contributed by atoms with E-state index >= 15 is 0 Å². The largest absolute Gasteiger partial charge is 0.493 e. The lowest BCUT2D eigenvalue weighted by molar-refractivity contribution is 0.180. The Kier molecular flexibility index (Phi) is 11.0. The third-order valence-corrected chi connectivity index (χ3v) is 4.33. The molecule has 0 aliphatic rings. The van der Waals surface area contributed by atoms with E-state index in [0.717, 1.165) is 11.1 Å². The van der Waals surface area contributed by atoms with Gasteiger partial charge in [-0.3, -0.25) is 0 Å². The number of aliphatic hydroxyl groups excluding tert-OH is 1. The lowest BCUT2D eigenvalue weighted by Crippen LogP contribution is -2.39. The predicted octanol–water partition coefficient (Wildman–Crippen LogP) is 3.76. The molecule has 0 saturated carbocycles. The van der Waals surface area contributed by atoms with Gasteiger partial charge in [-0.15, -0.1) is 24.0 Å². The summed E-state index contributed by atoms with van der Waals surface area (Å²) in [6.45, 7) is 3.43. The van der Waals surface area contributed by atoms with Gasteiger partial charge < -0.3 is 25.2 Å². The Hall–Kier alpha value is -1.71. The quantitative estimate of drug-likeness (QED) is 0.281. The summed E-state index contributed by atoms with van der Waals surface area (Å²) in [4.78, 5) is 4.53. The molecule has 0 spiro atoms. The number of ether oxygens (including phenoxy) is 2. The summed E-state index contributed by atoms with van der Waals surface area (Å²) in [7, 11) is 3.14. The van der Waals surface area contributed by atoms with Gasteiger partial charge in [0.1, 0.15) is 0 Å². The van der Waals surface area contributed by atoms with E-state index in [2.05, 4.69) is 15.6 Å². The number of guanidine groups is 1. The summed E-state index contributed by atoms with van der Waals surface area (Å²) < 4.78 is 10.5. The molecule has 0 amide bonds. The zero-order chi connectivity index (χ0) is 19.6. The number of aliphatic hydroxyl groups is 1. The molecule has 0 saturated heterocycles. The van der Waals surface area contributed by atoms with E-state index in [-0.39, 0.29) is 24.0 Å². The zero-order valence-corrected chi connectivity index (χ0v) is 19.3. The van der Waals surface area contributed by atoms with Crippen molar-refractivity contribution in [2.75, 3.05) is 27.3 Å². The maximum atomic E-state index is 10.5. The van der Waals surface area contributed by atoms with Crippen LogP contribution in [0.4, 0.5) is 0 Å². The fraction of sp³-hybridized carbons (Fsp3) is 0.350. The average molecular weight is 520 g/mol. The minimum atomic E-state index is -0.728. The third kappa shape index (κ3) is 7.03. The summed E-state index contributed by atoms with van der Waals surface area (Å²) in [6.07, 6.45) is -0.728. The maximum Gasteiger partial charge on any atom is 0.191 e. The van der Waals surface area contributed by atoms with Crippen LogP contribution in [0.2, 0.25) is 5.02 Å². The fourth-order valence-corrected chi connectivity index (χ4v) is 2.70. The standard InChI is InChI=1S/C20H26ClN3O3.HI/c1-4-22-20(23-12-15-7-5-6-8-16(15)21)24-13-17(25)14-9-10-18(26-2)19(11-14)27-3;/h5-11,17,25H,4,12-13H2,1-3H3,(H2,22,23,24);1H. The Morgan fingerprint density at radius 3 is 2.46 bits per heavy atom. The molecule has 8 heteroatoms. The van der Waals surface area contributed by atoms with Crippen LogP contribution in [0.15, 0.2) is 47.5 Å². The Balaban J connectivity index is 0.00000392. The highest BCUT2D eigenvalue weighted by molar-refractivity contribution is 14.0. The summed E-state index contributed by atoms with van der Waals surface area (Å²) >= 11 is 6.17. The number of methoxy groups -OCH3 is 2. The highest BCUT2D eigenvalue weighted by atomic mass is 127. The first-order valence-electron chi connectivity index (χ1n) is 8.74. The number of benzene rings is 2. The van der Waals surface area contributed by atoms with Gasteiger partial charge in [0.05, 0.1) is 26.9 Å². The van der Waals surface area contributed by atoms with Crippen LogP contribution in [0.25, 0.3) is 0 Å². The van der Waals surface area contributed by atoms with E-state index in [1.807, 2.05) is 37.3 Å². The summed E-state index contributed by atoms with van der Waals surface area (Å²) in [5.41, 5.74) is 1.67. The van der Waals surface area contributed by atoms with Gasteiger partial charge >= 0.3 is 0 Å². The molecule has 2 rings (SSSR count). The highest BCUT2D eigenvalue weighted by Gasteiger charge is 2.12. The predicted molar refractivity (Wildman–Crippen MR) is 124 cm³/mol. The second-order valence-corrected chi connectivity index (χ2v) is 6.20. The van der Waals surface area contributed by atoms with Crippen LogP contribution in [-0.4, -0.2) is 38.4 Å². The van der Waals surface area contributed by atoms with Gasteiger partial charge in [0.25, 0.3) is 0 Å². The van der Waals surface area contributed by atoms with Gasteiger partial charge in [0.2, 0.25) is 0 Å². The molecule has 0 fully saturated rings. The van der Waals surface area contributed by atoms with Gasteiger partial charge in [-0.25, -0.2) is 4.99 Å². The topological polar surface area (TPSA) is 75.1 Å². The molecule has 154 valence electrons. The summed E-state index contributed by atoms with van der Waals surface area (Å²) in [6, 6.07) is 12.9. The van der Waals surface area contributed by atoms with Crippen LogP contribution in [-0.2, 0) is 6.54 Å². The van der Waals surface area contributed by atoms with Gasteiger partial charge in [0.15, 0.2) is 17.5 Å². The van der Waals surface area contributed by atoms with E-state index in [0.29, 0.717) is 42.1 Å². The maximum absolute atomic E-state index is 10.5. The first kappa shape index (κ1) is 24.3. The van der Waals surface area contributed by atoms with Crippen LogP contribution < -0.4 is 20.1 Å². The lowest BCUT2D eigenvalue weighted by Gasteiger charge is -2.17. The van der Waals surface area contributed by atoms with E-state index in [4.69, 9.17) is 21.1 Å². The highest BCUT2D eigenvalue weighted by Crippen LogP contribution is 2.29. The van der Waals surface area contributed by atoms with Crippen molar-refractivity contribution in [3.8, 4) is 11.5 Å². The molecule has 1 unspecified atom stereocenters. The fourth-order valence-electron chi connectivity index (χ4n) is 2.50. The van der Waals surface area contributed by atoms with E-state index in [9.17, 15) is 5.11 Å². The van der Waals surface area contributed by atoms with Crippen LogP contribution >= 0.6 is 35.6 Å². The Morgan fingerprint density at radius 1 is 1.11 bits per heavy atom. The van der Waals surface area contributed by atoms with Crippen molar-refractivity contribution >= 4 is 41.5 Å². The summed E-state index contributed by atoms with van der Waals surface area (Å²) in [5.74, 6) is 1.81. The second-order valence-electron chi connectivity index (χ2n) is 5.80. The van der Waals surface area contributed by atoms with Crippen LogP contribution in [0.5, 0.6) is 11.5 Å². The van der Waals surface area contributed by atoms with Crippen molar-refractivity contribution in [3.05, 3.63) is 58.6 Å². The van der Waals surface area contributed by atoms with Crippen molar-refractivity contribution in [2.24, 2.45) is 4.99 Å². The van der Waals surface area contributed by atoms with Crippen molar-refractivity contribution < 1.29 is 14.6 Å². The molecule has 2 aromatic rings. The lowest BCUT2D eigenvalue weighted by atomic mass is 10.1. The van der Waals surface area contributed by atoms with Gasteiger partial charge in [-0.2, -0.15) is 0 Å². The Bertz CT molecular complexity index is 774. The number of nitrogens with one attached hydrogen (secondary N) is 2. The normalized spacial score (nSPS) is 12.0.